The van der Waals surface area contributed by atoms with Gasteiger partial charge in [-0.15, -0.1) is 0 Å². The van der Waals surface area contributed by atoms with Gasteiger partial charge >= 0.3 is 0 Å². The summed E-state index contributed by atoms with van der Waals surface area (Å²) in [5.41, 5.74) is 7.61. The molecule has 1 fully saturated rings. The van der Waals surface area contributed by atoms with Crippen LogP contribution in [0.1, 0.15) is 52.9 Å². The van der Waals surface area contributed by atoms with Crippen molar-refractivity contribution >= 4 is 17.4 Å². The first-order valence-corrected chi connectivity index (χ1v) is 14.0. The third-order valence-electron chi connectivity index (χ3n) is 7.65. The SMILES string of the molecule is CNC[C@@H](O)COc1ccc(Cl)c(-c2nc(-c3c(C)noc3C)c(C)c(N3Cc4c(C)nn(C5CC5)c4C3)n2)c1. The number of rotatable bonds is 9. The number of ether oxygens (including phenoxy) is 1. The van der Waals surface area contributed by atoms with Gasteiger partial charge in [0.15, 0.2) is 5.82 Å². The van der Waals surface area contributed by atoms with Gasteiger partial charge in [0, 0.05) is 29.8 Å². The highest BCUT2D eigenvalue weighted by Gasteiger charge is 2.35. The van der Waals surface area contributed by atoms with Gasteiger partial charge < -0.3 is 24.6 Å². The van der Waals surface area contributed by atoms with Crippen LogP contribution < -0.4 is 15.0 Å². The topological polar surface area (TPSA) is 114 Å². The van der Waals surface area contributed by atoms with Crippen molar-refractivity contribution in [3.05, 3.63) is 57.2 Å². The molecule has 0 saturated heterocycles. The number of hydrogen-bond donors (Lipinski definition) is 2. The van der Waals surface area contributed by atoms with Gasteiger partial charge in [0.1, 0.15) is 30.0 Å². The number of hydrogen-bond acceptors (Lipinski definition) is 9. The standard InChI is InChI=1S/C29H34ClN7O3/c1-15-27(26-17(3)35-40-18(26)4)32-28(22-10-21(8-9-24(22)30)39-14-20(38)11-31-5)33-29(15)36-12-23-16(2)34-37(19-6-7-19)25(23)13-36/h8-10,19-20,31,38H,6-7,11-14H2,1-5H3/t20-/m1/s1. The zero-order valence-corrected chi connectivity index (χ0v) is 24.2. The number of likely N-dealkylation sites (N-methyl/N-ethyl adjacent to an activating group) is 1. The Morgan fingerprint density at radius 2 is 1.95 bits per heavy atom. The number of aryl methyl sites for hydroxylation is 3. The number of aliphatic hydroxyl groups excluding tert-OH is 1. The summed E-state index contributed by atoms with van der Waals surface area (Å²) < 4.78 is 13.6. The molecule has 1 saturated carbocycles. The van der Waals surface area contributed by atoms with Crippen molar-refractivity contribution in [2.24, 2.45) is 0 Å². The van der Waals surface area contributed by atoms with Gasteiger partial charge in [0.25, 0.3) is 0 Å². The average molecular weight is 564 g/mol. The van der Waals surface area contributed by atoms with Gasteiger partial charge in [-0.1, -0.05) is 16.8 Å². The molecule has 0 amide bonds. The summed E-state index contributed by atoms with van der Waals surface area (Å²) in [5, 5.41) is 22.6. The van der Waals surface area contributed by atoms with Crippen molar-refractivity contribution < 1.29 is 14.4 Å². The number of aliphatic hydroxyl groups is 1. The van der Waals surface area contributed by atoms with Crippen molar-refractivity contribution in [1.29, 1.82) is 0 Å². The summed E-state index contributed by atoms with van der Waals surface area (Å²) in [4.78, 5) is 12.4. The van der Waals surface area contributed by atoms with E-state index >= 15 is 0 Å². The summed E-state index contributed by atoms with van der Waals surface area (Å²) in [6.07, 6.45) is 1.73. The zero-order chi connectivity index (χ0) is 28.1. The van der Waals surface area contributed by atoms with Crippen LogP contribution in [0.4, 0.5) is 5.82 Å². The lowest BCUT2D eigenvalue weighted by Gasteiger charge is -2.22. The number of halogens is 1. The van der Waals surface area contributed by atoms with Crippen LogP contribution in [0.5, 0.6) is 5.75 Å². The maximum absolute atomic E-state index is 10.1. The van der Waals surface area contributed by atoms with Crippen LogP contribution in [0.2, 0.25) is 5.02 Å². The molecule has 4 aromatic rings. The van der Waals surface area contributed by atoms with Crippen molar-refractivity contribution in [1.82, 2.24) is 30.2 Å². The monoisotopic (exact) mass is 563 g/mol. The number of anilines is 1. The molecule has 0 spiro atoms. The van der Waals surface area contributed by atoms with E-state index in [1.54, 1.807) is 19.2 Å². The smallest absolute Gasteiger partial charge is 0.163 e. The molecule has 6 rings (SSSR count). The van der Waals surface area contributed by atoms with Crippen LogP contribution in [0.15, 0.2) is 22.7 Å². The molecule has 1 aromatic carbocycles. The molecule has 1 aliphatic heterocycles. The van der Waals surface area contributed by atoms with Crippen LogP contribution in [-0.2, 0) is 13.1 Å². The Labute approximate surface area is 238 Å². The minimum atomic E-state index is -0.635. The van der Waals surface area contributed by atoms with E-state index in [0.717, 1.165) is 47.1 Å². The lowest BCUT2D eigenvalue weighted by Crippen LogP contribution is -2.29. The summed E-state index contributed by atoms with van der Waals surface area (Å²) in [7, 11) is 1.79. The van der Waals surface area contributed by atoms with E-state index in [2.05, 4.69) is 27.0 Å². The quantitative estimate of drug-likeness (QED) is 0.299. The second kappa shape index (κ2) is 10.5. The Morgan fingerprint density at radius 3 is 2.65 bits per heavy atom. The summed E-state index contributed by atoms with van der Waals surface area (Å²) in [6.45, 7) is 9.99. The highest BCUT2D eigenvalue weighted by atomic mass is 35.5. The normalized spacial score (nSPS) is 15.5. The summed E-state index contributed by atoms with van der Waals surface area (Å²) >= 11 is 6.72. The highest BCUT2D eigenvalue weighted by molar-refractivity contribution is 6.33. The predicted octanol–water partition coefficient (Wildman–Crippen LogP) is 4.70. The molecular weight excluding hydrogens is 530 g/mol. The maximum atomic E-state index is 10.1. The fourth-order valence-corrected chi connectivity index (χ4v) is 5.65. The first-order chi connectivity index (χ1) is 19.2. The molecular formula is C29H34ClN7O3. The number of nitrogens with zero attached hydrogens (tertiary/aromatic N) is 6. The Hall–Kier alpha value is -3.47. The second-order valence-corrected chi connectivity index (χ2v) is 11.2. The Kier molecular flexibility index (Phi) is 7.02. The third kappa shape index (κ3) is 4.84. The maximum Gasteiger partial charge on any atom is 0.163 e. The Bertz CT molecular complexity index is 1560. The number of fused-ring (bicyclic) bond motifs is 1. The molecule has 0 bridgehead atoms. The predicted molar refractivity (Wildman–Crippen MR) is 153 cm³/mol. The van der Waals surface area contributed by atoms with E-state index < -0.39 is 6.10 Å². The lowest BCUT2D eigenvalue weighted by atomic mass is 10.0. The molecule has 40 heavy (non-hydrogen) atoms. The Balaban J connectivity index is 1.43. The van der Waals surface area contributed by atoms with Crippen LogP contribution in [-0.4, -0.2) is 56.3 Å². The van der Waals surface area contributed by atoms with Crippen LogP contribution in [0.25, 0.3) is 22.6 Å². The average Bonchev–Trinajstić information content (AvgIpc) is 3.48. The van der Waals surface area contributed by atoms with Crippen molar-refractivity contribution in [2.75, 3.05) is 25.1 Å². The molecule has 10 nitrogen and oxygen atoms in total. The zero-order valence-electron chi connectivity index (χ0n) is 23.5. The molecule has 1 aliphatic carbocycles. The number of nitrogens with one attached hydrogen (secondary N) is 1. The van der Waals surface area contributed by atoms with Gasteiger partial charge in [0.2, 0.25) is 0 Å². The van der Waals surface area contributed by atoms with Crippen molar-refractivity contribution in [3.8, 4) is 28.4 Å². The molecule has 0 radical (unpaired) electrons. The minimum Gasteiger partial charge on any atom is -0.491 e. The second-order valence-electron chi connectivity index (χ2n) is 10.8. The molecule has 3 aromatic heterocycles. The Morgan fingerprint density at radius 1 is 1.15 bits per heavy atom. The fraction of sp³-hybridized carbons (Fsp3) is 0.448. The van der Waals surface area contributed by atoms with Gasteiger partial charge in [-0.25, -0.2) is 9.97 Å². The van der Waals surface area contributed by atoms with Crippen LogP contribution in [0, 0.1) is 27.7 Å². The van der Waals surface area contributed by atoms with Crippen LogP contribution in [0.3, 0.4) is 0 Å². The molecule has 210 valence electrons. The van der Waals surface area contributed by atoms with E-state index in [1.165, 1.54) is 24.1 Å². The minimum absolute atomic E-state index is 0.148. The van der Waals surface area contributed by atoms with Gasteiger partial charge in [-0.05, 0) is 65.8 Å². The number of aromatic nitrogens is 5. The molecule has 2 N–H and O–H groups in total. The molecule has 1 atom stereocenters. The lowest BCUT2D eigenvalue weighted by molar-refractivity contribution is 0.108. The molecule has 0 unspecified atom stereocenters. The highest BCUT2D eigenvalue weighted by Crippen LogP contribution is 2.42. The molecule has 2 aliphatic rings. The first-order valence-electron chi connectivity index (χ1n) is 13.6. The summed E-state index contributed by atoms with van der Waals surface area (Å²) in [5.74, 6) is 2.60. The fourth-order valence-electron chi connectivity index (χ4n) is 5.45. The van der Waals surface area contributed by atoms with E-state index in [4.69, 9.17) is 35.9 Å². The third-order valence-corrected chi connectivity index (χ3v) is 7.98. The van der Waals surface area contributed by atoms with E-state index in [-0.39, 0.29) is 6.61 Å². The van der Waals surface area contributed by atoms with E-state index in [1.807, 2.05) is 26.8 Å². The van der Waals surface area contributed by atoms with Crippen LogP contribution >= 0.6 is 11.6 Å². The van der Waals surface area contributed by atoms with Gasteiger partial charge in [0.05, 0.1) is 45.9 Å². The van der Waals surface area contributed by atoms with Crippen molar-refractivity contribution in [3.63, 3.8) is 0 Å². The van der Waals surface area contributed by atoms with E-state index in [0.29, 0.717) is 40.5 Å². The molecule has 11 heteroatoms. The number of benzene rings is 1. The first kappa shape index (κ1) is 26.7. The largest absolute Gasteiger partial charge is 0.491 e. The van der Waals surface area contributed by atoms with Crippen molar-refractivity contribution in [2.45, 2.75) is 65.8 Å². The van der Waals surface area contributed by atoms with Gasteiger partial charge in [-0.2, -0.15) is 5.10 Å². The summed E-state index contributed by atoms with van der Waals surface area (Å²) in [6, 6.07) is 5.89. The van der Waals surface area contributed by atoms with E-state index in [9.17, 15) is 5.11 Å². The van der Waals surface area contributed by atoms with Gasteiger partial charge in [-0.3, -0.25) is 4.68 Å². The molecule has 4 heterocycles.